The van der Waals surface area contributed by atoms with Crippen molar-refractivity contribution in [3.8, 4) is 17.2 Å². The normalized spacial score (nSPS) is 14.3. The molecule has 1 fully saturated rings. The summed E-state index contributed by atoms with van der Waals surface area (Å²) in [6.07, 6.45) is 2.33. The molecule has 2 aromatic carbocycles. The molecule has 0 unspecified atom stereocenters. The van der Waals surface area contributed by atoms with Crippen molar-refractivity contribution in [2.75, 3.05) is 33.4 Å². The lowest BCUT2D eigenvalue weighted by Crippen LogP contribution is -2.38. The van der Waals surface area contributed by atoms with Gasteiger partial charge in [0, 0.05) is 37.9 Å². The summed E-state index contributed by atoms with van der Waals surface area (Å²) < 4.78 is 17.2. The molecule has 1 aromatic heterocycles. The second-order valence-electron chi connectivity index (χ2n) is 8.66. The molecule has 1 aliphatic rings. The lowest BCUT2D eigenvalue weighted by molar-refractivity contribution is -0.120. The van der Waals surface area contributed by atoms with Crippen molar-refractivity contribution in [3.63, 3.8) is 0 Å². The van der Waals surface area contributed by atoms with Crippen molar-refractivity contribution in [2.45, 2.75) is 38.8 Å². The first-order chi connectivity index (χ1) is 16.6. The Bertz CT molecular complexity index is 1060. The number of ether oxygens (including phenoxy) is 2. The predicted molar refractivity (Wildman–Crippen MR) is 131 cm³/mol. The van der Waals surface area contributed by atoms with Crippen LogP contribution in [0, 0.1) is 6.92 Å². The summed E-state index contributed by atoms with van der Waals surface area (Å²) in [5.74, 6) is 1.91. The highest BCUT2D eigenvalue weighted by Gasteiger charge is 2.18. The van der Waals surface area contributed by atoms with Crippen LogP contribution in [0.3, 0.4) is 0 Å². The number of oxazole rings is 1. The Morgan fingerprint density at radius 2 is 1.94 bits per heavy atom. The zero-order valence-corrected chi connectivity index (χ0v) is 20.0. The van der Waals surface area contributed by atoms with Crippen molar-refractivity contribution in [1.82, 2.24) is 15.2 Å². The van der Waals surface area contributed by atoms with Gasteiger partial charge in [0.2, 0.25) is 11.8 Å². The summed E-state index contributed by atoms with van der Waals surface area (Å²) >= 11 is 0. The van der Waals surface area contributed by atoms with Crippen LogP contribution in [0.25, 0.3) is 11.5 Å². The minimum absolute atomic E-state index is 0.0968. The molecule has 34 heavy (non-hydrogen) atoms. The van der Waals surface area contributed by atoms with Crippen molar-refractivity contribution in [2.24, 2.45) is 0 Å². The summed E-state index contributed by atoms with van der Waals surface area (Å²) in [4.78, 5) is 19.4. The minimum Gasteiger partial charge on any atom is -0.492 e. The number of carbonyl (C=O) groups is 1. The molecule has 0 bridgehead atoms. The Labute approximate surface area is 201 Å². The second kappa shape index (κ2) is 11.8. The number of nitrogens with zero attached hydrogens (tertiary/aromatic N) is 2. The number of aryl methyl sites for hydroxylation is 1. The molecule has 0 aliphatic carbocycles. The molecule has 7 heteroatoms. The van der Waals surface area contributed by atoms with Crippen LogP contribution in [-0.4, -0.2) is 55.2 Å². The van der Waals surface area contributed by atoms with Gasteiger partial charge in [0.25, 0.3) is 0 Å². The molecule has 7 nitrogen and oxygen atoms in total. The standard InChI is InChI=1S/C27H33N3O4/c1-20-25(29-27(34-20)22-8-4-3-5-9-22)18-26(31)28-19-21-7-6-10-24(17-21)33-16-13-30(2)23-11-14-32-15-12-23/h3-10,17,23H,11-16,18-19H2,1-2H3,(H,28,31). The first-order valence-electron chi connectivity index (χ1n) is 11.9. The summed E-state index contributed by atoms with van der Waals surface area (Å²) in [5, 5.41) is 2.97. The van der Waals surface area contributed by atoms with E-state index in [1.165, 1.54) is 0 Å². The van der Waals surface area contributed by atoms with Crippen molar-refractivity contribution in [3.05, 3.63) is 71.6 Å². The van der Waals surface area contributed by atoms with Gasteiger partial charge in [0.05, 0.1) is 12.1 Å². The van der Waals surface area contributed by atoms with E-state index in [0.29, 0.717) is 36.5 Å². The molecule has 0 atom stereocenters. The van der Waals surface area contributed by atoms with Gasteiger partial charge >= 0.3 is 0 Å². The molecular weight excluding hydrogens is 430 g/mol. The summed E-state index contributed by atoms with van der Waals surface area (Å²) in [7, 11) is 2.14. The lowest BCUT2D eigenvalue weighted by atomic mass is 10.1. The van der Waals surface area contributed by atoms with Gasteiger partial charge in [0.15, 0.2) is 0 Å². The molecule has 1 amide bonds. The number of carbonyl (C=O) groups excluding carboxylic acids is 1. The molecule has 0 spiro atoms. The van der Waals surface area contributed by atoms with Crippen LogP contribution in [-0.2, 0) is 22.5 Å². The smallest absolute Gasteiger partial charge is 0.226 e. The Morgan fingerprint density at radius 3 is 2.74 bits per heavy atom. The largest absolute Gasteiger partial charge is 0.492 e. The Balaban J connectivity index is 1.23. The summed E-state index contributed by atoms with van der Waals surface area (Å²) in [6.45, 7) is 5.44. The van der Waals surface area contributed by atoms with Crippen molar-refractivity contribution >= 4 is 5.91 Å². The maximum Gasteiger partial charge on any atom is 0.226 e. The maximum atomic E-state index is 12.5. The third-order valence-corrected chi connectivity index (χ3v) is 6.16. The number of benzene rings is 2. The summed E-state index contributed by atoms with van der Waals surface area (Å²) in [6, 6.07) is 18.1. The van der Waals surface area contributed by atoms with Crippen LogP contribution in [0.2, 0.25) is 0 Å². The average molecular weight is 464 g/mol. The number of hydrogen-bond acceptors (Lipinski definition) is 6. The number of aromatic nitrogens is 1. The number of hydrogen-bond donors (Lipinski definition) is 1. The van der Waals surface area contributed by atoms with Gasteiger partial charge in [-0.1, -0.05) is 30.3 Å². The quantitative estimate of drug-likeness (QED) is 0.490. The van der Waals surface area contributed by atoms with E-state index in [4.69, 9.17) is 13.9 Å². The molecule has 3 aromatic rings. The molecule has 2 heterocycles. The first-order valence-corrected chi connectivity index (χ1v) is 11.9. The van der Waals surface area contributed by atoms with E-state index >= 15 is 0 Å². The van der Waals surface area contributed by atoms with Crippen LogP contribution in [0.1, 0.15) is 29.9 Å². The van der Waals surface area contributed by atoms with Crippen LogP contribution in [0.15, 0.2) is 59.0 Å². The predicted octanol–water partition coefficient (Wildman–Crippen LogP) is 4.00. The fourth-order valence-corrected chi connectivity index (χ4v) is 4.07. The zero-order chi connectivity index (χ0) is 23.8. The van der Waals surface area contributed by atoms with E-state index in [0.717, 1.165) is 49.5 Å². The van der Waals surface area contributed by atoms with Gasteiger partial charge in [-0.15, -0.1) is 0 Å². The number of rotatable bonds is 10. The van der Waals surface area contributed by atoms with Gasteiger partial charge in [0.1, 0.15) is 18.1 Å². The molecular formula is C27H33N3O4. The molecule has 4 rings (SSSR count). The molecule has 1 N–H and O–H groups in total. The van der Waals surface area contributed by atoms with Crippen LogP contribution < -0.4 is 10.1 Å². The second-order valence-corrected chi connectivity index (χ2v) is 8.66. The highest BCUT2D eigenvalue weighted by molar-refractivity contribution is 5.78. The molecule has 0 saturated carbocycles. The first kappa shape index (κ1) is 24.0. The van der Waals surface area contributed by atoms with Crippen LogP contribution in [0.4, 0.5) is 0 Å². The summed E-state index contributed by atoms with van der Waals surface area (Å²) in [5.41, 5.74) is 2.54. The SMILES string of the molecule is Cc1oc(-c2ccccc2)nc1CC(=O)NCc1cccc(OCCN(C)C2CCOCC2)c1. The van der Waals surface area contributed by atoms with Gasteiger partial charge < -0.3 is 19.2 Å². The number of amides is 1. The minimum atomic E-state index is -0.0968. The highest BCUT2D eigenvalue weighted by atomic mass is 16.5. The molecule has 0 radical (unpaired) electrons. The lowest BCUT2D eigenvalue weighted by Gasteiger charge is -2.31. The van der Waals surface area contributed by atoms with Crippen molar-refractivity contribution < 1.29 is 18.7 Å². The third-order valence-electron chi connectivity index (χ3n) is 6.16. The van der Waals surface area contributed by atoms with E-state index < -0.39 is 0 Å². The van der Waals surface area contributed by atoms with Gasteiger partial charge in [-0.3, -0.25) is 9.69 Å². The zero-order valence-electron chi connectivity index (χ0n) is 20.0. The van der Waals surface area contributed by atoms with E-state index in [1.807, 2.05) is 61.5 Å². The fourth-order valence-electron chi connectivity index (χ4n) is 4.07. The van der Waals surface area contributed by atoms with Gasteiger partial charge in [-0.2, -0.15) is 0 Å². The topological polar surface area (TPSA) is 76.8 Å². The average Bonchev–Trinajstić information content (AvgIpc) is 3.24. The van der Waals surface area contributed by atoms with E-state index in [9.17, 15) is 4.79 Å². The molecule has 1 aliphatic heterocycles. The number of likely N-dealkylation sites (N-methyl/N-ethyl adjacent to an activating group) is 1. The highest BCUT2D eigenvalue weighted by Crippen LogP contribution is 2.22. The third kappa shape index (κ3) is 6.68. The molecule has 1 saturated heterocycles. The van der Waals surface area contributed by atoms with E-state index in [-0.39, 0.29) is 12.3 Å². The van der Waals surface area contributed by atoms with E-state index in [1.54, 1.807) is 0 Å². The van der Waals surface area contributed by atoms with Crippen molar-refractivity contribution in [1.29, 1.82) is 0 Å². The van der Waals surface area contributed by atoms with Gasteiger partial charge in [-0.05, 0) is 56.6 Å². The van der Waals surface area contributed by atoms with Crippen LogP contribution >= 0.6 is 0 Å². The van der Waals surface area contributed by atoms with Gasteiger partial charge in [-0.25, -0.2) is 4.98 Å². The molecule has 180 valence electrons. The number of nitrogens with one attached hydrogen (secondary N) is 1. The van der Waals surface area contributed by atoms with Crippen LogP contribution in [0.5, 0.6) is 5.75 Å². The fraction of sp³-hybridized carbons (Fsp3) is 0.407. The monoisotopic (exact) mass is 463 g/mol. The van der Waals surface area contributed by atoms with E-state index in [2.05, 4.69) is 22.2 Å². The Kier molecular flexibility index (Phi) is 8.33. The Hall–Kier alpha value is -3.16. The Morgan fingerprint density at radius 1 is 1.15 bits per heavy atom. The maximum absolute atomic E-state index is 12.5.